The van der Waals surface area contributed by atoms with Crippen LogP contribution in [-0.4, -0.2) is 4.98 Å². The predicted molar refractivity (Wildman–Crippen MR) is 124 cm³/mol. The molecule has 1 nitrogen and oxygen atoms in total. The number of nitrogens with zero attached hydrogens (tertiary/aromatic N) is 1. The summed E-state index contributed by atoms with van der Waals surface area (Å²) in [5.41, 5.74) is 3.91. The molecular formula is C28H21N. The van der Waals surface area contributed by atoms with Crippen LogP contribution in [0, 0.1) is 6.92 Å². The van der Waals surface area contributed by atoms with Crippen molar-refractivity contribution in [3.63, 3.8) is 0 Å². The minimum absolute atomic E-state index is 0.952. The van der Waals surface area contributed by atoms with Gasteiger partial charge in [-0.3, -0.25) is 4.98 Å². The van der Waals surface area contributed by atoms with Crippen LogP contribution >= 0.6 is 0 Å². The van der Waals surface area contributed by atoms with Gasteiger partial charge in [0.15, 0.2) is 0 Å². The zero-order valence-corrected chi connectivity index (χ0v) is 16.4. The van der Waals surface area contributed by atoms with E-state index in [0.29, 0.717) is 0 Å². The fourth-order valence-electron chi connectivity index (χ4n) is 4.75. The van der Waals surface area contributed by atoms with E-state index in [-0.39, 0.29) is 0 Å². The summed E-state index contributed by atoms with van der Waals surface area (Å²) in [5, 5.41) is 10.7. The molecule has 0 aliphatic heterocycles. The minimum Gasteiger partial charge on any atom is -0.261 e. The van der Waals surface area contributed by atoms with Crippen molar-refractivity contribution < 1.29 is 0 Å². The van der Waals surface area contributed by atoms with E-state index in [2.05, 4.69) is 85.8 Å². The highest BCUT2D eigenvalue weighted by atomic mass is 14.7. The standard InChI is InChI=1S/C28H21N/c1-18-6-7-20-12-15-26-19(8-9-21-11-14-25(18)27(20)28(21)26)10-13-24-16-22-4-2-3-5-23(22)17-29-24/h2-9,11-12,14-17H,10,13H2,1H3. The smallest absolute Gasteiger partial charge is 0.0413 e. The molecule has 0 radical (unpaired) electrons. The first-order valence-corrected chi connectivity index (χ1v) is 10.3. The van der Waals surface area contributed by atoms with Crippen molar-refractivity contribution in [1.82, 2.24) is 4.98 Å². The van der Waals surface area contributed by atoms with Gasteiger partial charge in [0.05, 0.1) is 0 Å². The number of rotatable bonds is 3. The fourth-order valence-corrected chi connectivity index (χ4v) is 4.75. The van der Waals surface area contributed by atoms with E-state index in [1.54, 1.807) is 0 Å². The lowest BCUT2D eigenvalue weighted by molar-refractivity contribution is 0.925. The maximum Gasteiger partial charge on any atom is 0.0413 e. The maximum atomic E-state index is 4.70. The first-order valence-electron chi connectivity index (χ1n) is 10.3. The van der Waals surface area contributed by atoms with Crippen LogP contribution in [-0.2, 0) is 12.8 Å². The summed E-state index contributed by atoms with van der Waals surface area (Å²) in [7, 11) is 0. The van der Waals surface area contributed by atoms with E-state index in [9.17, 15) is 0 Å². The van der Waals surface area contributed by atoms with Crippen LogP contribution in [0.15, 0.2) is 85.1 Å². The molecule has 0 saturated heterocycles. The van der Waals surface area contributed by atoms with Crippen LogP contribution in [0.4, 0.5) is 0 Å². The van der Waals surface area contributed by atoms with Gasteiger partial charge in [-0.2, -0.15) is 0 Å². The molecule has 0 aliphatic rings. The molecule has 0 unspecified atom stereocenters. The van der Waals surface area contributed by atoms with Crippen LogP contribution in [0.2, 0.25) is 0 Å². The van der Waals surface area contributed by atoms with Crippen LogP contribution in [0.3, 0.4) is 0 Å². The van der Waals surface area contributed by atoms with Gasteiger partial charge in [-0.1, -0.05) is 72.8 Å². The van der Waals surface area contributed by atoms with E-state index < -0.39 is 0 Å². The van der Waals surface area contributed by atoms with E-state index in [1.165, 1.54) is 54.2 Å². The summed E-state index contributed by atoms with van der Waals surface area (Å²) < 4.78 is 0. The van der Waals surface area contributed by atoms with Crippen molar-refractivity contribution in [2.45, 2.75) is 19.8 Å². The third kappa shape index (κ3) is 2.58. The Morgan fingerprint density at radius 1 is 0.621 bits per heavy atom. The van der Waals surface area contributed by atoms with E-state index in [4.69, 9.17) is 4.98 Å². The van der Waals surface area contributed by atoms with Crippen molar-refractivity contribution in [2.75, 3.05) is 0 Å². The van der Waals surface area contributed by atoms with Gasteiger partial charge in [0.1, 0.15) is 0 Å². The maximum absolute atomic E-state index is 4.70. The molecule has 1 heteroatoms. The predicted octanol–water partition coefficient (Wildman–Crippen LogP) is 7.23. The first-order chi connectivity index (χ1) is 14.3. The lowest BCUT2D eigenvalue weighted by Gasteiger charge is -2.15. The molecule has 0 spiro atoms. The Morgan fingerprint density at radius 2 is 1.31 bits per heavy atom. The monoisotopic (exact) mass is 371 g/mol. The SMILES string of the molecule is Cc1ccc2ccc3c(CCc4cc5ccccc5cn4)ccc4ccc1c2c43. The number of fused-ring (bicyclic) bond motifs is 1. The first kappa shape index (κ1) is 16.5. The zero-order chi connectivity index (χ0) is 19.4. The number of benzene rings is 5. The van der Waals surface area contributed by atoms with E-state index in [1.807, 2.05) is 6.20 Å². The molecule has 0 atom stereocenters. The van der Waals surface area contributed by atoms with Crippen LogP contribution < -0.4 is 0 Å². The Hall–Kier alpha value is -3.45. The summed E-state index contributed by atoms with van der Waals surface area (Å²) in [4.78, 5) is 4.70. The third-order valence-corrected chi connectivity index (χ3v) is 6.31. The number of pyridine rings is 1. The molecule has 5 aromatic carbocycles. The zero-order valence-electron chi connectivity index (χ0n) is 16.4. The Kier molecular flexibility index (Phi) is 3.57. The quantitative estimate of drug-likeness (QED) is 0.299. The van der Waals surface area contributed by atoms with Gasteiger partial charge in [0.2, 0.25) is 0 Å². The van der Waals surface area contributed by atoms with E-state index >= 15 is 0 Å². The normalized spacial score (nSPS) is 11.9. The Labute approximate surface area is 170 Å². The fraction of sp³-hybridized carbons (Fsp3) is 0.107. The lowest BCUT2D eigenvalue weighted by Crippen LogP contribution is -1.96. The molecule has 0 bridgehead atoms. The number of aryl methyl sites for hydroxylation is 3. The molecule has 138 valence electrons. The molecular weight excluding hydrogens is 350 g/mol. The van der Waals surface area contributed by atoms with E-state index in [0.717, 1.165) is 18.5 Å². The highest BCUT2D eigenvalue weighted by Gasteiger charge is 2.12. The highest BCUT2D eigenvalue weighted by Crippen LogP contribution is 2.37. The molecule has 1 aromatic heterocycles. The van der Waals surface area contributed by atoms with Gasteiger partial charge in [0, 0.05) is 17.3 Å². The average molecular weight is 371 g/mol. The molecule has 6 rings (SSSR count). The van der Waals surface area contributed by atoms with Gasteiger partial charge in [0.25, 0.3) is 0 Å². The Bertz CT molecular complexity index is 1510. The second-order valence-corrected chi connectivity index (χ2v) is 8.05. The molecule has 0 fully saturated rings. The largest absolute Gasteiger partial charge is 0.261 e. The molecule has 0 N–H and O–H groups in total. The summed E-state index contributed by atoms with van der Waals surface area (Å²) >= 11 is 0. The third-order valence-electron chi connectivity index (χ3n) is 6.31. The van der Waals surface area contributed by atoms with Crippen LogP contribution in [0.25, 0.3) is 43.1 Å². The lowest BCUT2D eigenvalue weighted by atomic mass is 9.89. The molecule has 29 heavy (non-hydrogen) atoms. The van der Waals surface area contributed by atoms with Crippen LogP contribution in [0.5, 0.6) is 0 Å². The molecule has 0 amide bonds. The van der Waals surface area contributed by atoms with Gasteiger partial charge in [-0.15, -0.1) is 0 Å². The number of hydrogen-bond donors (Lipinski definition) is 0. The van der Waals surface area contributed by atoms with Crippen LogP contribution in [0.1, 0.15) is 16.8 Å². The van der Waals surface area contributed by atoms with Gasteiger partial charge in [-0.25, -0.2) is 0 Å². The second kappa shape index (κ2) is 6.28. The summed E-state index contributed by atoms with van der Waals surface area (Å²) in [6.45, 7) is 2.21. The van der Waals surface area contributed by atoms with Gasteiger partial charge in [-0.05, 0) is 74.7 Å². The molecule has 0 saturated carbocycles. The van der Waals surface area contributed by atoms with Crippen molar-refractivity contribution in [2.24, 2.45) is 0 Å². The van der Waals surface area contributed by atoms with Gasteiger partial charge >= 0.3 is 0 Å². The molecule has 1 heterocycles. The van der Waals surface area contributed by atoms with Crippen molar-refractivity contribution >= 4 is 43.1 Å². The average Bonchev–Trinajstić information content (AvgIpc) is 2.77. The number of hydrogen-bond acceptors (Lipinski definition) is 1. The summed E-state index contributed by atoms with van der Waals surface area (Å²) in [5.74, 6) is 0. The van der Waals surface area contributed by atoms with Crippen molar-refractivity contribution in [3.05, 3.63) is 102 Å². The Balaban J connectivity index is 1.46. The van der Waals surface area contributed by atoms with Crippen molar-refractivity contribution in [1.29, 1.82) is 0 Å². The van der Waals surface area contributed by atoms with Crippen molar-refractivity contribution in [3.8, 4) is 0 Å². The molecule has 6 aromatic rings. The Morgan fingerprint density at radius 3 is 2.17 bits per heavy atom. The summed E-state index contributed by atoms with van der Waals surface area (Å²) in [6.07, 6.45) is 3.95. The second-order valence-electron chi connectivity index (χ2n) is 8.05. The van der Waals surface area contributed by atoms with Gasteiger partial charge < -0.3 is 0 Å². The molecule has 0 aliphatic carbocycles. The highest BCUT2D eigenvalue weighted by molar-refractivity contribution is 6.24. The number of aromatic nitrogens is 1. The topological polar surface area (TPSA) is 12.9 Å². The summed E-state index contributed by atoms with van der Waals surface area (Å²) in [6, 6.07) is 28.9. The minimum atomic E-state index is 0.952.